The smallest absolute Gasteiger partial charge is 0.124 e. The average molecular weight is 272 g/mol. The lowest BCUT2D eigenvalue weighted by atomic mass is 9.96. The molecule has 2 aromatic rings. The lowest BCUT2D eigenvalue weighted by Crippen LogP contribution is -2.25. The van der Waals surface area contributed by atoms with Crippen LogP contribution in [0.15, 0.2) is 30.3 Å². The number of nitrogens with zero attached hydrogens (tertiary/aromatic N) is 1. The van der Waals surface area contributed by atoms with E-state index in [0.29, 0.717) is 12.2 Å². The Bertz CT molecular complexity index is 614. The van der Waals surface area contributed by atoms with E-state index in [1.165, 1.54) is 5.56 Å². The SMILES string of the molecule is Nc1ccc2ccc(CCC3CCC(O)C3O)cc2n1. The Hall–Kier alpha value is -1.65. The molecule has 20 heavy (non-hydrogen) atoms. The van der Waals surface area contributed by atoms with Gasteiger partial charge in [-0.15, -0.1) is 0 Å². The Morgan fingerprint density at radius 3 is 2.70 bits per heavy atom. The third-order valence-corrected chi connectivity index (χ3v) is 4.29. The highest BCUT2D eigenvalue weighted by Gasteiger charge is 2.32. The molecular formula is C16H20N2O2. The average Bonchev–Trinajstić information content (AvgIpc) is 2.76. The second kappa shape index (κ2) is 5.38. The van der Waals surface area contributed by atoms with Gasteiger partial charge in [0.05, 0.1) is 17.7 Å². The number of pyridine rings is 1. The van der Waals surface area contributed by atoms with E-state index in [4.69, 9.17) is 5.73 Å². The van der Waals surface area contributed by atoms with Gasteiger partial charge in [-0.2, -0.15) is 0 Å². The molecule has 1 aliphatic rings. The van der Waals surface area contributed by atoms with Crippen molar-refractivity contribution in [3.05, 3.63) is 35.9 Å². The summed E-state index contributed by atoms with van der Waals surface area (Å²) in [5, 5.41) is 20.5. The van der Waals surface area contributed by atoms with E-state index in [2.05, 4.69) is 23.2 Å². The number of aliphatic hydroxyl groups is 2. The summed E-state index contributed by atoms with van der Waals surface area (Å²) in [6, 6.07) is 9.98. The highest BCUT2D eigenvalue weighted by Crippen LogP contribution is 2.30. The van der Waals surface area contributed by atoms with Crippen LogP contribution in [0.3, 0.4) is 0 Å². The maximum atomic E-state index is 9.86. The molecule has 3 atom stereocenters. The van der Waals surface area contributed by atoms with E-state index in [-0.39, 0.29) is 5.92 Å². The van der Waals surface area contributed by atoms with Crippen molar-refractivity contribution in [2.75, 3.05) is 5.73 Å². The second-order valence-corrected chi connectivity index (χ2v) is 5.70. The van der Waals surface area contributed by atoms with E-state index in [0.717, 1.165) is 30.2 Å². The van der Waals surface area contributed by atoms with Gasteiger partial charge in [0, 0.05) is 5.39 Å². The summed E-state index contributed by atoms with van der Waals surface area (Å²) < 4.78 is 0. The van der Waals surface area contributed by atoms with Gasteiger partial charge in [-0.3, -0.25) is 0 Å². The van der Waals surface area contributed by atoms with Crippen molar-refractivity contribution in [2.24, 2.45) is 5.92 Å². The molecule has 0 radical (unpaired) electrons. The zero-order valence-electron chi connectivity index (χ0n) is 11.4. The maximum Gasteiger partial charge on any atom is 0.124 e. The van der Waals surface area contributed by atoms with Crippen molar-refractivity contribution >= 4 is 16.7 Å². The number of aliphatic hydroxyl groups excluding tert-OH is 2. The normalized spacial score (nSPS) is 26.2. The minimum Gasteiger partial charge on any atom is -0.390 e. The van der Waals surface area contributed by atoms with Crippen LogP contribution in [0, 0.1) is 5.92 Å². The predicted octanol–water partition coefficient (Wildman–Crippen LogP) is 1.88. The first-order valence-corrected chi connectivity index (χ1v) is 7.15. The molecule has 0 aliphatic heterocycles. The molecule has 1 heterocycles. The van der Waals surface area contributed by atoms with E-state index in [9.17, 15) is 10.2 Å². The molecule has 4 N–H and O–H groups in total. The van der Waals surface area contributed by atoms with Crippen molar-refractivity contribution < 1.29 is 10.2 Å². The molecule has 0 amide bonds. The molecule has 0 bridgehead atoms. The molecule has 0 saturated heterocycles. The van der Waals surface area contributed by atoms with Crippen LogP contribution in [0.25, 0.3) is 10.9 Å². The van der Waals surface area contributed by atoms with Gasteiger partial charge in [-0.05, 0) is 55.4 Å². The van der Waals surface area contributed by atoms with E-state index in [1.807, 2.05) is 6.07 Å². The molecule has 4 heteroatoms. The summed E-state index contributed by atoms with van der Waals surface area (Å²) in [6.45, 7) is 0. The highest BCUT2D eigenvalue weighted by atomic mass is 16.3. The fraction of sp³-hybridized carbons (Fsp3) is 0.438. The van der Waals surface area contributed by atoms with E-state index in [1.54, 1.807) is 6.07 Å². The molecule has 1 aromatic carbocycles. The van der Waals surface area contributed by atoms with Crippen LogP contribution in [0.5, 0.6) is 0 Å². The molecule has 1 fully saturated rings. The first-order valence-electron chi connectivity index (χ1n) is 7.15. The van der Waals surface area contributed by atoms with Crippen LogP contribution < -0.4 is 5.73 Å². The molecule has 4 nitrogen and oxygen atoms in total. The summed E-state index contributed by atoms with van der Waals surface area (Å²) in [4.78, 5) is 4.33. The predicted molar refractivity (Wildman–Crippen MR) is 79.2 cm³/mol. The Balaban J connectivity index is 1.71. The molecule has 106 valence electrons. The van der Waals surface area contributed by atoms with E-state index < -0.39 is 12.2 Å². The molecule has 1 aromatic heterocycles. The van der Waals surface area contributed by atoms with Gasteiger partial charge in [0.25, 0.3) is 0 Å². The van der Waals surface area contributed by atoms with Crippen LogP contribution >= 0.6 is 0 Å². The standard InChI is InChI=1S/C16H20N2O2/c17-15-8-6-11-3-1-10(9-13(11)18-15)2-4-12-5-7-14(19)16(12)20/h1,3,6,8-9,12,14,16,19-20H,2,4-5,7H2,(H2,17,18). The summed E-state index contributed by atoms with van der Waals surface area (Å²) in [6.07, 6.45) is 2.29. The largest absolute Gasteiger partial charge is 0.390 e. The fourth-order valence-electron chi connectivity index (χ4n) is 3.04. The molecular weight excluding hydrogens is 252 g/mol. The number of nitrogen functional groups attached to an aromatic ring is 1. The van der Waals surface area contributed by atoms with Gasteiger partial charge in [0.15, 0.2) is 0 Å². The lowest BCUT2D eigenvalue weighted by Gasteiger charge is -2.16. The van der Waals surface area contributed by atoms with Crippen LogP contribution in [0.2, 0.25) is 0 Å². The number of fused-ring (bicyclic) bond motifs is 1. The van der Waals surface area contributed by atoms with Crippen LogP contribution in [0.4, 0.5) is 5.82 Å². The number of nitrogens with two attached hydrogens (primary N) is 1. The zero-order chi connectivity index (χ0) is 14.1. The summed E-state index contributed by atoms with van der Waals surface area (Å²) in [5.41, 5.74) is 7.82. The van der Waals surface area contributed by atoms with Crippen molar-refractivity contribution in [1.29, 1.82) is 0 Å². The van der Waals surface area contributed by atoms with Crippen molar-refractivity contribution in [2.45, 2.75) is 37.9 Å². The minimum atomic E-state index is -0.566. The molecule has 3 unspecified atom stereocenters. The summed E-state index contributed by atoms with van der Waals surface area (Å²) in [7, 11) is 0. The number of rotatable bonds is 3. The molecule has 1 aliphatic carbocycles. The lowest BCUT2D eigenvalue weighted by molar-refractivity contribution is 0.0189. The number of hydrogen-bond acceptors (Lipinski definition) is 4. The summed E-state index contributed by atoms with van der Waals surface area (Å²) >= 11 is 0. The highest BCUT2D eigenvalue weighted by molar-refractivity contribution is 5.80. The topological polar surface area (TPSA) is 79.4 Å². The fourth-order valence-corrected chi connectivity index (χ4v) is 3.04. The third kappa shape index (κ3) is 2.62. The van der Waals surface area contributed by atoms with Crippen molar-refractivity contribution in [3.63, 3.8) is 0 Å². The van der Waals surface area contributed by atoms with Crippen LogP contribution in [-0.4, -0.2) is 27.4 Å². The quantitative estimate of drug-likeness (QED) is 0.797. The first-order chi connectivity index (χ1) is 9.63. The number of anilines is 1. The van der Waals surface area contributed by atoms with Crippen LogP contribution in [0.1, 0.15) is 24.8 Å². The molecule has 0 spiro atoms. The number of aromatic nitrogens is 1. The third-order valence-electron chi connectivity index (χ3n) is 4.29. The van der Waals surface area contributed by atoms with Gasteiger partial charge in [0.2, 0.25) is 0 Å². The Morgan fingerprint density at radius 2 is 1.95 bits per heavy atom. The number of benzene rings is 1. The number of hydrogen-bond donors (Lipinski definition) is 3. The Kier molecular flexibility index (Phi) is 3.59. The van der Waals surface area contributed by atoms with Gasteiger partial charge in [0.1, 0.15) is 5.82 Å². The zero-order valence-corrected chi connectivity index (χ0v) is 11.4. The van der Waals surface area contributed by atoms with Crippen molar-refractivity contribution in [1.82, 2.24) is 4.98 Å². The second-order valence-electron chi connectivity index (χ2n) is 5.70. The van der Waals surface area contributed by atoms with Gasteiger partial charge in [-0.25, -0.2) is 4.98 Å². The Labute approximate surface area is 118 Å². The molecule has 3 rings (SSSR count). The summed E-state index contributed by atoms with van der Waals surface area (Å²) in [5.74, 6) is 0.735. The maximum absolute atomic E-state index is 9.86. The van der Waals surface area contributed by atoms with Crippen LogP contribution in [-0.2, 0) is 6.42 Å². The number of aryl methyl sites for hydroxylation is 1. The minimum absolute atomic E-state index is 0.203. The van der Waals surface area contributed by atoms with E-state index >= 15 is 0 Å². The van der Waals surface area contributed by atoms with Gasteiger partial charge < -0.3 is 15.9 Å². The monoisotopic (exact) mass is 272 g/mol. The molecule has 1 saturated carbocycles. The Morgan fingerprint density at radius 1 is 1.15 bits per heavy atom. The van der Waals surface area contributed by atoms with Gasteiger partial charge >= 0.3 is 0 Å². The van der Waals surface area contributed by atoms with Crippen molar-refractivity contribution in [3.8, 4) is 0 Å². The van der Waals surface area contributed by atoms with Gasteiger partial charge in [-0.1, -0.05) is 12.1 Å². The first kappa shape index (κ1) is 13.3.